The summed E-state index contributed by atoms with van der Waals surface area (Å²) in [5.41, 5.74) is 0.533. The van der Waals surface area contributed by atoms with Gasteiger partial charge in [0.25, 0.3) is 0 Å². The molecule has 1 rings (SSSR count). The van der Waals surface area contributed by atoms with Crippen LogP contribution in [0, 0.1) is 0 Å². The second-order valence-electron chi connectivity index (χ2n) is 2.57. The predicted molar refractivity (Wildman–Crippen MR) is 46.6 cm³/mol. The lowest BCUT2D eigenvalue weighted by Gasteiger charge is -2.04. The van der Waals surface area contributed by atoms with E-state index in [2.05, 4.69) is 4.74 Å². The fourth-order valence-electron chi connectivity index (χ4n) is 1.10. The Labute approximate surface area is 75.7 Å². The van der Waals surface area contributed by atoms with Gasteiger partial charge in [0.15, 0.2) is 0 Å². The van der Waals surface area contributed by atoms with Gasteiger partial charge in [0.1, 0.15) is 5.69 Å². The molecule has 13 heavy (non-hydrogen) atoms. The Morgan fingerprint density at radius 3 is 2.54 bits per heavy atom. The molecule has 0 spiro atoms. The number of hydrogen-bond donors (Lipinski definition) is 2. The molecule has 1 aromatic heterocycles. The Balaban J connectivity index is 3.06. The molecule has 2 N–H and O–H groups in total. The zero-order valence-corrected chi connectivity index (χ0v) is 7.39. The smallest absolute Gasteiger partial charge is 0.464 e. The van der Waals surface area contributed by atoms with Crippen LogP contribution in [0.4, 0.5) is 0 Å². The van der Waals surface area contributed by atoms with Crippen molar-refractivity contribution in [2.75, 3.05) is 7.11 Å². The highest BCUT2D eigenvalue weighted by Gasteiger charge is 2.19. The number of methoxy groups -OCH3 is 1. The second-order valence-corrected chi connectivity index (χ2v) is 2.57. The Morgan fingerprint density at radius 2 is 2.15 bits per heavy atom. The highest BCUT2D eigenvalue weighted by Crippen LogP contribution is 1.99. The van der Waals surface area contributed by atoms with E-state index >= 15 is 0 Å². The van der Waals surface area contributed by atoms with E-state index < -0.39 is 13.1 Å². The molecule has 0 aliphatic carbocycles. The summed E-state index contributed by atoms with van der Waals surface area (Å²) in [6, 6.07) is 2.93. The standard InChI is InChI=1S/C7H10BNO4/c1-9-5(7(10)13-2)3-4-6(9)8(11)12/h3-4,11-12H,1-2H3. The van der Waals surface area contributed by atoms with Gasteiger partial charge in [-0.3, -0.25) is 0 Å². The SMILES string of the molecule is COC(=O)c1ccc(B(O)O)n1C. The fourth-order valence-corrected chi connectivity index (χ4v) is 1.10. The van der Waals surface area contributed by atoms with Crippen LogP contribution >= 0.6 is 0 Å². The van der Waals surface area contributed by atoms with E-state index in [0.717, 1.165) is 0 Å². The minimum atomic E-state index is -1.58. The van der Waals surface area contributed by atoms with E-state index in [1.807, 2.05) is 0 Å². The Kier molecular flexibility index (Phi) is 2.74. The number of carbonyl (C=O) groups is 1. The fraction of sp³-hybridized carbons (Fsp3) is 0.286. The third-order valence-electron chi connectivity index (χ3n) is 1.82. The maximum Gasteiger partial charge on any atom is 0.505 e. The number of hydrogen-bond acceptors (Lipinski definition) is 4. The van der Waals surface area contributed by atoms with Gasteiger partial charge < -0.3 is 19.4 Å². The number of ether oxygens (including phenoxy) is 1. The van der Waals surface area contributed by atoms with Gasteiger partial charge in [-0.15, -0.1) is 0 Å². The first-order chi connectivity index (χ1) is 6.07. The van der Waals surface area contributed by atoms with Gasteiger partial charge in [-0.1, -0.05) is 0 Å². The monoisotopic (exact) mass is 183 g/mol. The van der Waals surface area contributed by atoms with Crippen molar-refractivity contribution in [3.05, 3.63) is 17.8 Å². The summed E-state index contributed by atoms with van der Waals surface area (Å²) < 4.78 is 5.86. The molecule has 0 saturated carbocycles. The van der Waals surface area contributed by atoms with Gasteiger partial charge >= 0.3 is 13.1 Å². The molecule has 0 aromatic carbocycles. The van der Waals surface area contributed by atoms with Gasteiger partial charge in [0.2, 0.25) is 0 Å². The summed E-state index contributed by atoms with van der Waals surface area (Å²) >= 11 is 0. The van der Waals surface area contributed by atoms with Crippen LogP contribution in [0.25, 0.3) is 0 Å². The van der Waals surface area contributed by atoms with Crippen molar-refractivity contribution < 1.29 is 19.6 Å². The first-order valence-electron chi connectivity index (χ1n) is 3.68. The average molecular weight is 183 g/mol. The van der Waals surface area contributed by atoms with Gasteiger partial charge in [-0.25, -0.2) is 4.79 Å². The lowest BCUT2D eigenvalue weighted by Crippen LogP contribution is -2.36. The third kappa shape index (κ3) is 1.73. The summed E-state index contributed by atoms with van der Waals surface area (Å²) in [5.74, 6) is -0.505. The molecule has 1 aromatic rings. The molecule has 0 atom stereocenters. The topological polar surface area (TPSA) is 71.7 Å². The van der Waals surface area contributed by atoms with Crippen LogP contribution in [0.1, 0.15) is 10.5 Å². The van der Waals surface area contributed by atoms with Crippen LogP contribution in [0.3, 0.4) is 0 Å². The van der Waals surface area contributed by atoms with E-state index in [9.17, 15) is 4.79 Å². The van der Waals surface area contributed by atoms with Gasteiger partial charge in [0.05, 0.1) is 7.11 Å². The van der Waals surface area contributed by atoms with Gasteiger partial charge in [0, 0.05) is 12.6 Å². The van der Waals surface area contributed by atoms with Gasteiger partial charge in [-0.05, 0) is 12.1 Å². The number of esters is 1. The minimum Gasteiger partial charge on any atom is -0.464 e. The first kappa shape index (κ1) is 9.82. The minimum absolute atomic E-state index is 0.250. The molecule has 0 bridgehead atoms. The lowest BCUT2D eigenvalue weighted by atomic mass is 9.86. The normalized spacial score (nSPS) is 9.85. The predicted octanol–water partition coefficient (Wildman–Crippen LogP) is -1.51. The largest absolute Gasteiger partial charge is 0.505 e. The summed E-state index contributed by atoms with van der Waals surface area (Å²) in [7, 11) is 1.24. The molecule has 6 heteroatoms. The highest BCUT2D eigenvalue weighted by molar-refractivity contribution is 6.57. The molecule has 0 radical (unpaired) electrons. The molecule has 0 saturated heterocycles. The molecule has 0 aliphatic heterocycles. The van der Waals surface area contributed by atoms with E-state index in [4.69, 9.17) is 10.0 Å². The van der Waals surface area contributed by atoms with Crippen LogP contribution in [0.2, 0.25) is 0 Å². The Hall–Kier alpha value is -1.27. The molecule has 1 heterocycles. The number of rotatable bonds is 2. The molecule has 0 fully saturated rings. The molecule has 0 amide bonds. The maximum atomic E-state index is 11.1. The van der Waals surface area contributed by atoms with E-state index in [0.29, 0.717) is 0 Å². The summed E-state index contributed by atoms with van der Waals surface area (Å²) in [6.45, 7) is 0. The number of nitrogens with zero attached hydrogens (tertiary/aromatic N) is 1. The number of aromatic nitrogens is 1. The van der Waals surface area contributed by atoms with Gasteiger partial charge in [-0.2, -0.15) is 0 Å². The molecular formula is C7H10BNO4. The molecular weight excluding hydrogens is 173 g/mol. The molecule has 5 nitrogen and oxygen atoms in total. The summed E-state index contributed by atoms with van der Waals surface area (Å²) in [6.07, 6.45) is 0. The summed E-state index contributed by atoms with van der Waals surface area (Å²) in [4.78, 5) is 11.1. The zero-order chi connectivity index (χ0) is 10.0. The van der Waals surface area contributed by atoms with Crippen molar-refractivity contribution in [3.8, 4) is 0 Å². The lowest BCUT2D eigenvalue weighted by molar-refractivity contribution is 0.0590. The van der Waals surface area contributed by atoms with Crippen LogP contribution in [-0.4, -0.2) is 34.8 Å². The maximum absolute atomic E-state index is 11.1. The highest BCUT2D eigenvalue weighted by atomic mass is 16.5. The van der Waals surface area contributed by atoms with Crippen LogP contribution in [0.5, 0.6) is 0 Å². The van der Waals surface area contributed by atoms with Crippen molar-refractivity contribution in [1.82, 2.24) is 4.57 Å². The third-order valence-corrected chi connectivity index (χ3v) is 1.82. The van der Waals surface area contributed by atoms with Crippen molar-refractivity contribution in [2.45, 2.75) is 0 Å². The first-order valence-corrected chi connectivity index (χ1v) is 3.68. The van der Waals surface area contributed by atoms with Crippen molar-refractivity contribution >= 4 is 18.7 Å². The van der Waals surface area contributed by atoms with E-state index in [1.165, 1.54) is 23.8 Å². The van der Waals surface area contributed by atoms with Crippen LogP contribution < -0.4 is 5.59 Å². The summed E-state index contributed by atoms with van der Waals surface area (Å²) in [5, 5.41) is 17.7. The average Bonchev–Trinajstić information content (AvgIpc) is 2.46. The zero-order valence-electron chi connectivity index (χ0n) is 7.39. The molecule has 0 aliphatic rings. The van der Waals surface area contributed by atoms with Crippen molar-refractivity contribution in [1.29, 1.82) is 0 Å². The molecule has 0 unspecified atom stereocenters. The Bertz CT molecular complexity index is 320. The molecule has 70 valence electrons. The quantitative estimate of drug-likeness (QED) is 0.432. The van der Waals surface area contributed by atoms with E-state index in [1.54, 1.807) is 7.05 Å². The van der Waals surface area contributed by atoms with Crippen LogP contribution in [-0.2, 0) is 11.8 Å². The number of carbonyl (C=O) groups excluding carboxylic acids is 1. The van der Waals surface area contributed by atoms with Crippen molar-refractivity contribution in [2.24, 2.45) is 7.05 Å². The van der Waals surface area contributed by atoms with Crippen LogP contribution in [0.15, 0.2) is 12.1 Å². The second kappa shape index (κ2) is 3.63. The van der Waals surface area contributed by atoms with Crippen molar-refractivity contribution in [3.63, 3.8) is 0 Å². The Morgan fingerprint density at radius 1 is 1.54 bits per heavy atom. The van der Waals surface area contributed by atoms with E-state index in [-0.39, 0.29) is 11.3 Å².